The summed E-state index contributed by atoms with van der Waals surface area (Å²) in [5.41, 5.74) is 1.55. The highest BCUT2D eigenvalue weighted by molar-refractivity contribution is 5.88. The van der Waals surface area contributed by atoms with E-state index in [0.29, 0.717) is 57.3 Å². The van der Waals surface area contributed by atoms with E-state index in [1.807, 2.05) is 19.1 Å². The maximum atomic E-state index is 13.4. The molecule has 0 fully saturated rings. The predicted molar refractivity (Wildman–Crippen MR) is 108 cm³/mol. The van der Waals surface area contributed by atoms with Crippen LogP contribution in [-0.4, -0.2) is 28.4 Å². The molecular formula is C22H24O6. The molecule has 0 radical (unpaired) electrons. The number of hydrogen-bond acceptors (Lipinski definition) is 6. The minimum atomic E-state index is -0.115. The van der Waals surface area contributed by atoms with Crippen molar-refractivity contribution in [2.75, 3.05) is 28.4 Å². The lowest BCUT2D eigenvalue weighted by Gasteiger charge is -2.15. The van der Waals surface area contributed by atoms with Crippen LogP contribution in [0.2, 0.25) is 0 Å². The van der Waals surface area contributed by atoms with E-state index >= 15 is 0 Å². The lowest BCUT2D eigenvalue weighted by Crippen LogP contribution is -2.12. The Morgan fingerprint density at radius 2 is 1.54 bits per heavy atom. The molecule has 0 bridgehead atoms. The van der Waals surface area contributed by atoms with E-state index in [1.165, 1.54) is 7.11 Å². The highest BCUT2D eigenvalue weighted by Gasteiger charge is 2.22. The third kappa shape index (κ3) is 3.38. The first-order chi connectivity index (χ1) is 13.6. The predicted octanol–water partition coefficient (Wildman–Crippen LogP) is 4.45. The van der Waals surface area contributed by atoms with Gasteiger partial charge in [-0.1, -0.05) is 13.3 Å². The van der Waals surface area contributed by atoms with Crippen LogP contribution in [0.5, 0.6) is 23.0 Å². The van der Waals surface area contributed by atoms with Gasteiger partial charge in [-0.25, -0.2) is 0 Å². The van der Waals surface area contributed by atoms with Crippen molar-refractivity contribution in [2.24, 2.45) is 0 Å². The van der Waals surface area contributed by atoms with Crippen LogP contribution in [0.4, 0.5) is 0 Å². The lowest BCUT2D eigenvalue weighted by molar-refractivity contribution is 0.394. The van der Waals surface area contributed by atoms with Crippen LogP contribution in [0.15, 0.2) is 39.5 Å². The van der Waals surface area contributed by atoms with Gasteiger partial charge in [-0.2, -0.15) is 0 Å². The van der Waals surface area contributed by atoms with Crippen LogP contribution in [0.3, 0.4) is 0 Å². The molecule has 0 aliphatic rings. The number of hydrogen-bond donors (Lipinski definition) is 0. The molecule has 0 amide bonds. The van der Waals surface area contributed by atoms with Gasteiger partial charge in [0.1, 0.15) is 39.7 Å². The van der Waals surface area contributed by atoms with Gasteiger partial charge in [-0.3, -0.25) is 4.79 Å². The largest absolute Gasteiger partial charge is 0.497 e. The fraction of sp³-hybridized carbons (Fsp3) is 0.318. The molecule has 0 atom stereocenters. The van der Waals surface area contributed by atoms with Gasteiger partial charge in [0.25, 0.3) is 0 Å². The SMILES string of the molecule is CCCc1c(-c2ccc(OC)cc2OC)oc2cc(OC)cc(OC)c2c1=O. The summed E-state index contributed by atoms with van der Waals surface area (Å²) >= 11 is 0. The minimum absolute atomic E-state index is 0.115. The Morgan fingerprint density at radius 1 is 0.857 bits per heavy atom. The van der Waals surface area contributed by atoms with Crippen molar-refractivity contribution in [3.8, 4) is 34.3 Å². The van der Waals surface area contributed by atoms with Crippen LogP contribution in [-0.2, 0) is 6.42 Å². The normalized spacial score (nSPS) is 10.8. The lowest BCUT2D eigenvalue weighted by atomic mass is 10.00. The Labute approximate surface area is 163 Å². The second-order valence-corrected chi connectivity index (χ2v) is 6.26. The Bertz CT molecular complexity index is 1050. The summed E-state index contributed by atoms with van der Waals surface area (Å²) in [4.78, 5) is 13.4. The molecule has 3 rings (SSSR count). The zero-order chi connectivity index (χ0) is 20.3. The number of methoxy groups -OCH3 is 4. The van der Waals surface area contributed by atoms with Crippen LogP contribution < -0.4 is 24.4 Å². The van der Waals surface area contributed by atoms with Crippen LogP contribution in [0, 0.1) is 0 Å². The van der Waals surface area contributed by atoms with Crippen LogP contribution >= 0.6 is 0 Å². The molecule has 6 nitrogen and oxygen atoms in total. The Morgan fingerprint density at radius 3 is 2.14 bits per heavy atom. The van der Waals surface area contributed by atoms with E-state index in [-0.39, 0.29) is 5.43 Å². The highest BCUT2D eigenvalue weighted by atomic mass is 16.5. The van der Waals surface area contributed by atoms with E-state index in [9.17, 15) is 4.79 Å². The average molecular weight is 384 g/mol. The van der Waals surface area contributed by atoms with E-state index in [2.05, 4.69) is 0 Å². The van der Waals surface area contributed by atoms with E-state index in [0.717, 1.165) is 6.42 Å². The molecule has 2 aromatic carbocycles. The zero-order valence-electron chi connectivity index (χ0n) is 16.8. The summed E-state index contributed by atoms with van der Waals surface area (Å²) in [5, 5.41) is 0.406. The molecule has 3 aromatic rings. The third-order valence-corrected chi connectivity index (χ3v) is 4.64. The number of rotatable bonds is 7. The van der Waals surface area contributed by atoms with E-state index in [1.54, 1.807) is 39.5 Å². The van der Waals surface area contributed by atoms with E-state index < -0.39 is 0 Å². The van der Waals surface area contributed by atoms with Crippen LogP contribution in [0.1, 0.15) is 18.9 Å². The molecule has 0 unspecified atom stereocenters. The molecule has 1 heterocycles. The van der Waals surface area contributed by atoms with Gasteiger partial charge >= 0.3 is 0 Å². The molecule has 0 aliphatic carbocycles. The summed E-state index contributed by atoms with van der Waals surface area (Å²) in [7, 11) is 6.24. The summed E-state index contributed by atoms with van der Waals surface area (Å²) in [5.74, 6) is 2.67. The molecular weight excluding hydrogens is 360 g/mol. The van der Waals surface area contributed by atoms with Crippen LogP contribution in [0.25, 0.3) is 22.3 Å². The molecule has 0 aliphatic heterocycles. The molecule has 6 heteroatoms. The smallest absolute Gasteiger partial charge is 0.200 e. The monoisotopic (exact) mass is 384 g/mol. The standard InChI is InChI=1S/C22H24O6/c1-6-7-16-21(23)20-18(27-5)11-14(25-3)12-19(20)28-22(16)15-9-8-13(24-2)10-17(15)26-4/h8-12H,6-7H2,1-5H3. The topological polar surface area (TPSA) is 67.1 Å². The second kappa shape index (κ2) is 8.25. The third-order valence-electron chi connectivity index (χ3n) is 4.64. The molecule has 0 spiro atoms. The van der Waals surface area contributed by atoms with Gasteiger partial charge in [-0.15, -0.1) is 0 Å². The number of benzene rings is 2. The first-order valence-corrected chi connectivity index (χ1v) is 9.02. The van der Waals surface area contributed by atoms with Crippen molar-refractivity contribution >= 4 is 11.0 Å². The van der Waals surface area contributed by atoms with Gasteiger partial charge in [0, 0.05) is 23.8 Å². The summed E-state index contributed by atoms with van der Waals surface area (Å²) in [6, 6.07) is 8.78. The van der Waals surface area contributed by atoms with Gasteiger partial charge in [0.2, 0.25) is 0 Å². The second-order valence-electron chi connectivity index (χ2n) is 6.26. The van der Waals surface area contributed by atoms with Crippen molar-refractivity contribution in [2.45, 2.75) is 19.8 Å². The highest BCUT2D eigenvalue weighted by Crippen LogP contribution is 2.38. The van der Waals surface area contributed by atoms with Gasteiger partial charge in [0.15, 0.2) is 5.43 Å². The summed E-state index contributed by atoms with van der Waals surface area (Å²) < 4.78 is 27.8. The summed E-state index contributed by atoms with van der Waals surface area (Å²) in [6.45, 7) is 2.02. The quantitative estimate of drug-likeness (QED) is 0.600. The number of ether oxygens (including phenoxy) is 4. The fourth-order valence-corrected chi connectivity index (χ4v) is 3.26. The molecule has 0 N–H and O–H groups in total. The maximum absolute atomic E-state index is 13.4. The molecule has 28 heavy (non-hydrogen) atoms. The fourth-order valence-electron chi connectivity index (χ4n) is 3.26. The summed E-state index contributed by atoms with van der Waals surface area (Å²) in [6.07, 6.45) is 1.36. The van der Waals surface area contributed by atoms with Gasteiger partial charge in [0.05, 0.1) is 34.0 Å². The van der Waals surface area contributed by atoms with Gasteiger partial charge in [-0.05, 0) is 18.6 Å². The minimum Gasteiger partial charge on any atom is -0.497 e. The average Bonchev–Trinajstić information content (AvgIpc) is 2.74. The Hall–Kier alpha value is -3.15. The molecule has 0 saturated carbocycles. The molecule has 148 valence electrons. The van der Waals surface area contributed by atoms with E-state index in [4.69, 9.17) is 23.4 Å². The Kier molecular flexibility index (Phi) is 5.78. The zero-order valence-corrected chi connectivity index (χ0v) is 16.8. The number of fused-ring (bicyclic) bond motifs is 1. The Balaban J connectivity index is 2.39. The molecule has 1 aromatic heterocycles. The first kappa shape index (κ1) is 19.6. The van der Waals surface area contributed by atoms with Crippen molar-refractivity contribution < 1.29 is 23.4 Å². The van der Waals surface area contributed by atoms with Crippen molar-refractivity contribution in [1.29, 1.82) is 0 Å². The van der Waals surface area contributed by atoms with Crippen molar-refractivity contribution in [1.82, 2.24) is 0 Å². The maximum Gasteiger partial charge on any atom is 0.200 e. The van der Waals surface area contributed by atoms with Crippen molar-refractivity contribution in [3.05, 3.63) is 46.1 Å². The van der Waals surface area contributed by atoms with Gasteiger partial charge < -0.3 is 23.4 Å². The molecule has 0 saturated heterocycles. The first-order valence-electron chi connectivity index (χ1n) is 9.02. The van der Waals surface area contributed by atoms with Crippen molar-refractivity contribution in [3.63, 3.8) is 0 Å².